The van der Waals surface area contributed by atoms with Crippen molar-refractivity contribution in [1.82, 2.24) is 9.55 Å². The largest absolute Gasteiger partial charge is 0.410 e. The molecule has 0 radical (unpaired) electrons. The van der Waals surface area contributed by atoms with Crippen molar-refractivity contribution >= 4 is 32.8 Å². The summed E-state index contributed by atoms with van der Waals surface area (Å²) in [6, 6.07) is 20.6. The maximum atomic E-state index is 14.3. The van der Waals surface area contributed by atoms with Crippen molar-refractivity contribution in [2.75, 3.05) is 6.61 Å². The number of nitrogens with zero attached hydrogens (tertiary/aromatic N) is 1. The van der Waals surface area contributed by atoms with Gasteiger partial charge in [0.25, 0.3) is 13.9 Å². The number of benzene rings is 2. The quantitative estimate of drug-likeness (QED) is 0.293. The Kier molecular flexibility index (Phi) is 9.88. The minimum absolute atomic E-state index is 0.0418. The first-order chi connectivity index (χ1) is 20.9. The number of hydrogen-bond acceptors (Lipinski definition) is 6. The molecule has 2 aromatic carbocycles. The average Bonchev–Trinajstić information content (AvgIpc) is 3.32. The molecule has 0 amide bonds. The molecule has 1 aliphatic heterocycles. The van der Waals surface area contributed by atoms with Crippen LogP contribution >= 0.6 is 0 Å². The molecule has 1 saturated heterocycles. The van der Waals surface area contributed by atoms with E-state index < -0.39 is 45.8 Å². The van der Waals surface area contributed by atoms with Gasteiger partial charge in [0.05, 0.1) is 12.7 Å². The second kappa shape index (κ2) is 12.7. The monoisotopic (exact) mass is 650 g/mol. The van der Waals surface area contributed by atoms with Crippen molar-refractivity contribution in [3.63, 3.8) is 0 Å². The number of ether oxygens (including phenoxy) is 1. The van der Waals surface area contributed by atoms with Crippen LogP contribution in [0.5, 0.6) is 0 Å². The highest BCUT2D eigenvalue weighted by Gasteiger charge is 2.60. The van der Waals surface area contributed by atoms with Crippen LogP contribution in [0.2, 0.25) is 23.2 Å². The molecule has 1 aromatic heterocycles. The first kappa shape index (κ1) is 35.0. The van der Waals surface area contributed by atoms with Crippen molar-refractivity contribution < 1.29 is 18.4 Å². The number of ketones is 1. The molecule has 0 aliphatic carbocycles. The summed E-state index contributed by atoms with van der Waals surface area (Å²) in [5, 5.41) is 1.71. The van der Waals surface area contributed by atoms with Crippen LogP contribution in [0.15, 0.2) is 76.4 Å². The van der Waals surface area contributed by atoms with Gasteiger partial charge in [0, 0.05) is 24.6 Å². The van der Waals surface area contributed by atoms with Gasteiger partial charge in [-0.25, -0.2) is 4.79 Å². The van der Waals surface area contributed by atoms with Crippen LogP contribution in [0, 0.1) is 6.92 Å². The molecule has 0 bridgehead atoms. The van der Waals surface area contributed by atoms with Gasteiger partial charge >= 0.3 is 5.69 Å². The van der Waals surface area contributed by atoms with Gasteiger partial charge in [-0.15, -0.1) is 0 Å². The fourth-order valence-electron chi connectivity index (χ4n) is 6.12. The third kappa shape index (κ3) is 6.53. The molecule has 1 aliphatic rings. The van der Waals surface area contributed by atoms with E-state index in [1.807, 2.05) is 43.3 Å². The summed E-state index contributed by atoms with van der Waals surface area (Å²) in [5.74, 6) is -0.138. The number of H-pyrrole nitrogens is 1. The molecule has 0 spiro atoms. The zero-order valence-electron chi connectivity index (χ0n) is 28.5. The predicted molar refractivity (Wildman–Crippen MR) is 184 cm³/mol. The molecule has 8 nitrogen and oxygen atoms in total. The topological polar surface area (TPSA) is 99.6 Å². The van der Waals surface area contributed by atoms with Gasteiger partial charge in [0.1, 0.15) is 6.23 Å². The van der Waals surface area contributed by atoms with Crippen molar-refractivity contribution in [1.29, 1.82) is 0 Å². The lowest BCUT2D eigenvalue weighted by Crippen LogP contribution is -2.69. The number of hydrogen-bond donors (Lipinski definition) is 1. The standard InChI is InChI=1S/C35H50N2O6Si2/c1-11-28(38)35(24-41-45(34(6,7)8,26-18-14-12-15-19-26)27-20-16-13-17-21-27)29(43-44(9,10)33(3,4)5)22-30(42-35)37-23-25(2)31(39)36-32(37)40/h12-21,23,29-30H,11,22,24H2,1-10H3,(H,36,39,40)/t29?,30-,35+/m1/s1. The Morgan fingerprint density at radius 1 is 0.956 bits per heavy atom. The minimum atomic E-state index is -3.07. The van der Waals surface area contributed by atoms with Crippen LogP contribution in [0.3, 0.4) is 0 Å². The predicted octanol–water partition coefficient (Wildman–Crippen LogP) is 5.45. The first-order valence-electron chi connectivity index (χ1n) is 15.9. The van der Waals surface area contributed by atoms with Crippen LogP contribution in [0.1, 0.15) is 73.1 Å². The molecule has 3 aromatic rings. The van der Waals surface area contributed by atoms with E-state index in [1.54, 1.807) is 6.92 Å². The average molecular weight is 651 g/mol. The Bertz CT molecular complexity index is 1570. The Morgan fingerprint density at radius 2 is 1.49 bits per heavy atom. The molecule has 1 unspecified atom stereocenters. The van der Waals surface area contributed by atoms with Gasteiger partial charge in [-0.2, -0.15) is 0 Å². The number of Topliss-reactive ketones (excluding diaryl/α,β-unsaturated/α-hetero) is 1. The molecule has 2 heterocycles. The van der Waals surface area contributed by atoms with Crippen LogP contribution < -0.4 is 21.6 Å². The smallest absolute Gasteiger partial charge is 0.330 e. The number of aromatic nitrogens is 2. The summed E-state index contributed by atoms with van der Waals surface area (Å²) in [7, 11) is -5.51. The highest BCUT2D eigenvalue weighted by atomic mass is 28.4. The number of aromatic amines is 1. The van der Waals surface area contributed by atoms with Gasteiger partial charge in [-0.3, -0.25) is 19.1 Å². The highest BCUT2D eigenvalue weighted by Crippen LogP contribution is 2.46. The summed E-state index contributed by atoms with van der Waals surface area (Å²) in [6.45, 7) is 20.8. The van der Waals surface area contributed by atoms with Crippen LogP contribution in [-0.4, -0.2) is 50.3 Å². The lowest BCUT2D eigenvalue weighted by molar-refractivity contribution is -0.162. The summed E-state index contributed by atoms with van der Waals surface area (Å²) in [6.07, 6.45) is 0.459. The van der Waals surface area contributed by atoms with Crippen LogP contribution in [-0.2, 0) is 18.4 Å². The van der Waals surface area contributed by atoms with E-state index in [9.17, 15) is 14.4 Å². The Hall–Kier alpha value is -2.90. The molecule has 45 heavy (non-hydrogen) atoms. The van der Waals surface area contributed by atoms with Crippen LogP contribution in [0.4, 0.5) is 0 Å². The van der Waals surface area contributed by atoms with Crippen LogP contribution in [0.25, 0.3) is 0 Å². The minimum Gasteiger partial charge on any atom is -0.410 e. The zero-order chi connectivity index (χ0) is 33.4. The lowest BCUT2D eigenvalue weighted by atomic mass is 9.91. The van der Waals surface area contributed by atoms with E-state index in [2.05, 4.69) is 83.9 Å². The van der Waals surface area contributed by atoms with E-state index in [4.69, 9.17) is 13.6 Å². The molecule has 244 valence electrons. The number of carbonyl (C=O) groups is 1. The zero-order valence-corrected chi connectivity index (χ0v) is 30.5. The fourth-order valence-corrected chi connectivity index (χ4v) is 12.1. The summed E-state index contributed by atoms with van der Waals surface area (Å²) >= 11 is 0. The Balaban J connectivity index is 1.92. The maximum absolute atomic E-state index is 14.3. The summed E-state index contributed by atoms with van der Waals surface area (Å²) in [4.78, 5) is 42.0. The second-order valence-electron chi connectivity index (χ2n) is 14.8. The van der Waals surface area contributed by atoms with Gasteiger partial charge in [-0.05, 0) is 40.5 Å². The molecule has 1 fully saturated rings. The summed E-state index contributed by atoms with van der Waals surface area (Å²) in [5.41, 5.74) is -2.14. The fraction of sp³-hybridized carbons (Fsp3) is 0.514. The lowest BCUT2D eigenvalue weighted by Gasteiger charge is -2.46. The molecule has 1 N–H and O–H groups in total. The molecule has 4 rings (SSSR count). The normalized spacial score (nSPS) is 21.2. The molecule has 10 heteroatoms. The van der Waals surface area contributed by atoms with E-state index >= 15 is 0 Å². The first-order valence-corrected chi connectivity index (χ1v) is 20.7. The molecular formula is C35H50N2O6Si2. The van der Waals surface area contributed by atoms with E-state index in [0.717, 1.165) is 10.4 Å². The van der Waals surface area contributed by atoms with E-state index in [-0.39, 0.29) is 35.3 Å². The van der Waals surface area contributed by atoms with Gasteiger partial charge in [0.15, 0.2) is 19.7 Å². The van der Waals surface area contributed by atoms with Crippen molar-refractivity contribution in [3.05, 3.63) is 93.3 Å². The third-order valence-corrected chi connectivity index (χ3v) is 19.2. The maximum Gasteiger partial charge on any atom is 0.330 e. The third-order valence-electron chi connectivity index (χ3n) is 9.69. The number of carbonyl (C=O) groups excluding carboxylic acids is 1. The van der Waals surface area contributed by atoms with Crippen molar-refractivity contribution in [2.24, 2.45) is 0 Å². The van der Waals surface area contributed by atoms with Gasteiger partial charge < -0.3 is 13.6 Å². The summed E-state index contributed by atoms with van der Waals surface area (Å²) < 4.78 is 22.6. The molecule has 3 atom stereocenters. The SMILES string of the molecule is CCC(=O)[C@]1(CO[Si](c2ccccc2)(c2ccccc2)C(C)(C)C)O[C@@H](n2cc(C)c(=O)[nH]c2=O)CC1O[Si](C)(C)C(C)(C)C. The Labute approximate surface area is 269 Å². The van der Waals surface area contributed by atoms with Crippen molar-refractivity contribution in [2.45, 2.75) is 109 Å². The van der Waals surface area contributed by atoms with E-state index in [1.165, 1.54) is 10.8 Å². The highest BCUT2D eigenvalue weighted by molar-refractivity contribution is 6.99. The number of rotatable bonds is 10. The van der Waals surface area contributed by atoms with Crippen molar-refractivity contribution in [3.8, 4) is 0 Å². The van der Waals surface area contributed by atoms with E-state index in [0.29, 0.717) is 5.56 Å². The molecular weight excluding hydrogens is 601 g/mol. The second-order valence-corrected chi connectivity index (χ2v) is 23.8. The number of nitrogens with one attached hydrogen (secondary N) is 1. The van der Waals surface area contributed by atoms with Gasteiger partial charge in [0.2, 0.25) is 0 Å². The molecule has 0 saturated carbocycles. The Morgan fingerprint density at radius 3 is 1.96 bits per heavy atom. The van der Waals surface area contributed by atoms with Gasteiger partial charge in [-0.1, -0.05) is 109 Å². The number of aryl methyl sites for hydroxylation is 1.